The van der Waals surface area contributed by atoms with Gasteiger partial charge in [-0.3, -0.25) is 14.8 Å². The molecule has 0 spiro atoms. The number of nitro groups is 1. The molecule has 1 heterocycles. The predicted octanol–water partition coefficient (Wildman–Crippen LogP) is 1.89. The van der Waals surface area contributed by atoms with Crippen LogP contribution >= 0.6 is 0 Å². The Bertz CT molecular complexity index is 562. The number of hydrogen-bond donors (Lipinski definition) is 1. The highest BCUT2D eigenvalue weighted by atomic mass is 16.6. The number of aliphatic hydroxyl groups excluding tert-OH is 1. The van der Waals surface area contributed by atoms with E-state index in [1.54, 1.807) is 23.9 Å². The fourth-order valence-corrected chi connectivity index (χ4v) is 1.67. The summed E-state index contributed by atoms with van der Waals surface area (Å²) in [6, 6.07) is 4.35. The average Bonchev–Trinajstić information content (AvgIpc) is 2.70. The lowest BCUT2D eigenvalue weighted by molar-refractivity contribution is -0.384. The van der Waals surface area contributed by atoms with Crippen LogP contribution < -0.4 is 0 Å². The van der Waals surface area contributed by atoms with Gasteiger partial charge in [-0.1, -0.05) is 0 Å². The Labute approximate surface area is 97.6 Å². The van der Waals surface area contributed by atoms with Gasteiger partial charge in [0, 0.05) is 17.5 Å². The summed E-state index contributed by atoms with van der Waals surface area (Å²) in [7, 11) is 0. The predicted molar refractivity (Wildman–Crippen MR) is 62.8 cm³/mol. The Kier molecular flexibility index (Phi) is 2.81. The van der Waals surface area contributed by atoms with Crippen LogP contribution in [0.25, 0.3) is 10.9 Å². The van der Waals surface area contributed by atoms with E-state index in [0.717, 1.165) is 5.39 Å². The molecule has 6 nitrogen and oxygen atoms in total. The number of nitro benzene ring substituents is 1. The van der Waals surface area contributed by atoms with Crippen molar-refractivity contribution in [3.05, 3.63) is 34.5 Å². The molecular formula is C11H13N3O3. The minimum absolute atomic E-state index is 0.0250. The van der Waals surface area contributed by atoms with Crippen LogP contribution in [0.3, 0.4) is 0 Å². The largest absolute Gasteiger partial charge is 0.391 e. The van der Waals surface area contributed by atoms with Gasteiger partial charge in [-0.25, -0.2) is 0 Å². The van der Waals surface area contributed by atoms with Crippen molar-refractivity contribution in [2.75, 3.05) is 0 Å². The van der Waals surface area contributed by atoms with E-state index in [1.165, 1.54) is 12.1 Å². The number of fused-ring (bicyclic) bond motifs is 1. The van der Waals surface area contributed by atoms with Gasteiger partial charge in [0.15, 0.2) is 0 Å². The topological polar surface area (TPSA) is 81.2 Å². The number of non-ortho nitro benzene ring substituents is 1. The Hall–Kier alpha value is -1.95. The fraction of sp³-hybridized carbons (Fsp3) is 0.364. The molecule has 1 aromatic heterocycles. The summed E-state index contributed by atoms with van der Waals surface area (Å²) in [6.07, 6.45) is 1.06. The minimum Gasteiger partial charge on any atom is -0.391 e. The van der Waals surface area contributed by atoms with E-state index >= 15 is 0 Å². The zero-order chi connectivity index (χ0) is 12.6. The molecule has 2 unspecified atom stereocenters. The Balaban J connectivity index is 2.57. The monoisotopic (exact) mass is 235 g/mol. The van der Waals surface area contributed by atoms with E-state index in [2.05, 4.69) is 5.10 Å². The van der Waals surface area contributed by atoms with Crippen LogP contribution in [0.4, 0.5) is 5.69 Å². The molecule has 2 atom stereocenters. The molecule has 0 saturated carbocycles. The number of aliphatic hydroxyl groups is 1. The summed E-state index contributed by atoms with van der Waals surface area (Å²) >= 11 is 0. The van der Waals surface area contributed by atoms with Crippen molar-refractivity contribution in [1.29, 1.82) is 0 Å². The van der Waals surface area contributed by atoms with Crippen molar-refractivity contribution in [3.63, 3.8) is 0 Å². The number of aromatic nitrogens is 2. The first kappa shape index (κ1) is 11.5. The maximum atomic E-state index is 10.7. The number of hydrogen-bond acceptors (Lipinski definition) is 4. The third-order valence-electron chi connectivity index (χ3n) is 2.88. The smallest absolute Gasteiger partial charge is 0.271 e. The van der Waals surface area contributed by atoms with Crippen molar-refractivity contribution in [3.8, 4) is 0 Å². The molecule has 6 heteroatoms. The third-order valence-corrected chi connectivity index (χ3v) is 2.88. The molecule has 0 aliphatic rings. The van der Waals surface area contributed by atoms with E-state index in [4.69, 9.17) is 0 Å². The van der Waals surface area contributed by atoms with Gasteiger partial charge in [-0.2, -0.15) is 5.10 Å². The first-order chi connectivity index (χ1) is 8.00. The normalized spacial score (nSPS) is 14.8. The van der Waals surface area contributed by atoms with Crippen LogP contribution in [0.1, 0.15) is 19.9 Å². The number of rotatable bonds is 3. The molecule has 0 aliphatic heterocycles. The molecule has 0 radical (unpaired) electrons. The van der Waals surface area contributed by atoms with E-state index in [0.29, 0.717) is 5.52 Å². The molecule has 2 aromatic rings. The van der Waals surface area contributed by atoms with Crippen LogP contribution in [-0.4, -0.2) is 25.9 Å². The standard InChI is InChI=1S/C11H13N3O3/c1-7(8(2)15)13-11-5-10(14(16)17)4-3-9(11)6-12-13/h3-8,15H,1-2H3. The van der Waals surface area contributed by atoms with Crippen molar-refractivity contribution in [2.45, 2.75) is 26.0 Å². The lowest BCUT2D eigenvalue weighted by Gasteiger charge is -2.16. The lowest BCUT2D eigenvalue weighted by atomic mass is 10.2. The SMILES string of the molecule is CC(O)C(C)n1ncc2ccc([N+](=O)[O-])cc21. The van der Waals surface area contributed by atoms with Gasteiger partial charge < -0.3 is 5.11 Å². The summed E-state index contributed by atoms with van der Waals surface area (Å²) in [5.41, 5.74) is 0.685. The Morgan fingerprint density at radius 3 is 2.76 bits per heavy atom. The van der Waals surface area contributed by atoms with Crippen LogP contribution in [0.15, 0.2) is 24.4 Å². The maximum Gasteiger partial charge on any atom is 0.271 e. The molecule has 0 aliphatic carbocycles. The van der Waals surface area contributed by atoms with E-state index in [9.17, 15) is 15.2 Å². The lowest BCUT2D eigenvalue weighted by Crippen LogP contribution is -2.19. The minimum atomic E-state index is -0.572. The van der Waals surface area contributed by atoms with Crippen molar-refractivity contribution >= 4 is 16.6 Å². The first-order valence-electron chi connectivity index (χ1n) is 5.30. The molecule has 1 N–H and O–H groups in total. The van der Waals surface area contributed by atoms with Crippen LogP contribution in [0.5, 0.6) is 0 Å². The van der Waals surface area contributed by atoms with Crippen LogP contribution in [0.2, 0.25) is 0 Å². The second-order valence-electron chi connectivity index (χ2n) is 4.07. The Morgan fingerprint density at radius 1 is 1.47 bits per heavy atom. The summed E-state index contributed by atoms with van der Waals surface area (Å²) in [5.74, 6) is 0. The molecule has 0 fully saturated rings. The van der Waals surface area contributed by atoms with Gasteiger partial charge in [0.2, 0.25) is 0 Å². The van der Waals surface area contributed by atoms with Gasteiger partial charge in [0.25, 0.3) is 5.69 Å². The highest BCUT2D eigenvalue weighted by molar-refractivity contribution is 5.81. The number of nitrogens with zero attached hydrogens (tertiary/aromatic N) is 3. The van der Waals surface area contributed by atoms with Crippen molar-refractivity contribution in [2.24, 2.45) is 0 Å². The highest BCUT2D eigenvalue weighted by Crippen LogP contribution is 2.24. The molecule has 17 heavy (non-hydrogen) atoms. The average molecular weight is 235 g/mol. The third kappa shape index (κ3) is 1.99. The summed E-state index contributed by atoms with van der Waals surface area (Å²) in [5, 5.41) is 25.2. The summed E-state index contributed by atoms with van der Waals surface area (Å²) in [4.78, 5) is 10.3. The van der Waals surface area contributed by atoms with Crippen LogP contribution in [-0.2, 0) is 0 Å². The summed E-state index contributed by atoms with van der Waals surface area (Å²) < 4.78 is 1.60. The zero-order valence-electron chi connectivity index (χ0n) is 9.57. The van der Waals surface area contributed by atoms with E-state index < -0.39 is 11.0 Å². The van der Waals surface area contributed by atoms with Crippen LogP contribution in [0, 0.1) is 10.1 Å². The van der Waals surface area contributed by atoms with Crippen molar-refractivity contribution < 1.29 is 10.0 Å². The molecule has 0 amide bonds. The van der Waals surface area contributed by atoms with Gasteiger partial charge in [0.1, 0.15) is 0 Å². The molecule has 0 saturated heterocycles. The highest BCUT2D eigenvalue weighted by Gasteiger charge is 2.16. The number of benzene rings is 1. The molecular weight excluding hydrogens is 222 g/mol. The molecule has 2 rings (SSSR count). The Morgan fingerprint density at radius 2 is 2.18 bits per heavy atom. The van der Waals surface area contributed by atoms with E-state index in [1.807, 2.05) is 6.92 Å². The maximum absolute atomic E-state index is 10.7. The molecule has 90 valence electrons. The molecule has 0 bridgehead atoms. The van der Waals surface area contributed by atoms with Gasteiger partial charge in [-0.05, 0) is 19.9 Å². The quantitative estimate of drug-likeness (QED) is 0.650. The van der Waals surface area contributed by atoms with Gasteiger partial charge in [0.05, 0.1) is 28.8 Å². The van der Waals surface area contributed by atoms with Gasteiger partial charge in [-0.15, -0.1) is 0 Å². The van der Waals surface area contributed by atoms with E-state index in [-0.39, 0.29) is 11.7 Å². The zero-order valence-corrected chi connectivity index (χ0v) is 9.57. The van der Waals surface area contributed by atoms with Crippen molar-refractivity contribution in [1.82, 2.24) is 9.78 Å². The van der Waals surface area contributed by atoms with Gasteiger partial charge >= 0.3 is 0 Å². The second kappa shape index (κ2) is 4.14. The fourth-order valence-electron chi connectivity index (χ4n) is 1.67. The summed E-state index contributed by atoms with van der Waals surface area (Å²) in [6.45, 7) is 3.48. The molecule has 1 aromatic carbocycles. The first-order valence-corrected chi connectivity index (χ1v) is 5.30. The second-order valence-corrected chi connectivity index (χ2v) is 4.07.